The van der Waals surface area contributed by atoms with E-state index >= 15 is 8.78 Å². The van der Waals surface area contributed by atoms with Gasteiger partial charge in [-0.2, -0.15) is 8.78 Å². The highest BCUT2D eigenvalue weighted by Crippen LogP contribution is 2.43. The van der Waals surface area contributed by atoms with Crippen LogP contribution in [-0.4, -0.2) is 13.2 Å². The summed E-state index contributed by atoms with van der Waals surface area (Å²) in [5.74, 6) is -6.71. The minimum absolute atomic E-state index is 0.00759. The number of rotatable bonds is 15. The predicted octanol–water partition coefficient (Wildman–Crippen LogP) is 10.9. The zero-order valence-electron chi connectivity index (χ0n) is 25.6. The fourth-order valence-corrected chi connectivity index (χ4v) is 5.98. The number of aryl methyl sites for hydroxylation is 2. The van der Waals surface area contributed by atoms with Gasteiger partial charge in [-0.1, -0.05) is 63.8 Å². The topological polar surface area (TPSA) is 18.5 Å². The summed E-state index contributed by atoms with van der Waals surface area (Å²) in [5, 5.41) is 0. The molecule has 0 amide bonds. The SMILES string of the molecule is CCCCCCOc1ccc(CCc2ccc(C3CCC(c4ccc(OCCCC)c(F)c4F)CC3)c(F)c2F)c(F)c1F. The fraction of sp³-hybridized carbons (Fsp3) is 0.500. The molecule has 2 nitrogen and oxygen atoms in total. The van der Waals surface area contributed by atoms with E-state index in [4.69, 9.17) is 9.47 Å². The van der Waals surface area contributed by atoms with Crippen LogP contribution in [0.2, 0.25) is 0 Å². The van der Waals surface area contributed by atoms with Crippen LogP contribution < -0.4 is 9.47 Å². The maximum absolute atomic E-state index is 15.2. The molecule has 0 spiro atoms. The van der Waals surface area contributed by atoms with Crippen LogP contribution in [-0.2, 0) is 12.8 Å². The van der Waals surface area contributed by atoms with E-state index < -0.39 is 34.9 Å². The van der Waals surface area contributed by atoms with Crippen molar-refractivity contribution in [3.63, 3.8) is 0 Å². The molecule has 240 valence electrons. The molecule has 0 aromatic heterocycles. The summed E-state index contributed by atoms with van der Waals surface area (Å²) in [6, 6.07) is 8.86. The number of hydrogen-bond donors (Lipinski definition) is 0. The summed E-state index contributed by atoms with van der Waals surface area (Å²) >= 11 is 0. The first-order chi connectivity index (χ1) is 21.3. The third-order valence-corrected chi connectivity index (χ3v) is 8.68. The molecule has 0 radical (unpaired) electrons. The standard InChI is InChI=1S/C36H42F6O2/c1-3-5-7-8-22-44-29-19-16-26(32(38)35(29)41)14-13-25-15-17-27(33(39)31(25)37)23-9-11-24(12-10-23)28-18-20-30(36(42)34(28)40)43-21-6-4-2/h15-20,23-24H,3-14,21-22H2,1-2H3. The molecule has 0 atom stereocenters. The Labute approximate surface area is 256 Å². The fourth-order valence-electron chi connectivity index (χ4n) is 5.98. The molecule has 0 unspecified atom stereocenters. The molecule has 3 aromatic rings. The third kappa shape index (κ3) is 8.10. The van der Waals surface area contributed by atoms with E-state index in [0.717, 1.165) is 38.5 Å². The Bertz CT molecular complexity index is 1380. The maximum Gasteiger partial charge on any atom is 0.200 e. The van der Waals surface area contributed by atoms with Gasteiger partial charge in [0.25, 0.3) is 0 Å². The number of halogens is 6. The Hall–Kier alpha value is -3.16. The Morgan fingerprint density at radius 1 is 0.500 bits per heavy atom. The molecule has 0 saturated heterocycles. The van der Waals surface area contributed by atoms with Crippen molar-refractivity contribution in [1.29, 1.82) is 0 Å². The highest BCUT2D eigenvalue weighted by molar-refractivity contribution is 5.35. The molecule has 3 aromatic carbocycles. The van der Waals surface area contributed by atoms with Gasteiger partial charge in [-0.3, -0.25) is 0 Å². The summed E-state index contributed by atoms with van der Waals surface area (Å²) in [5.41, 5.74) is 0.664. The molecule has 1 aliphatic carbocycles. The first-order valence-electron chi connectivity index (χ1n) is 15.9. The van der Waals surface area contributed by atoms with Crippen molar-refractivity contribution < 1.29 is 35.8 Å². The van der Waals surface area contributed by atoms with Crippen LogP contribution in [0.15, 0.2) is 36.4 Å². The average Bonchev–Trinajstić information content (AvgIpc) is 3.03. The second kappa shape index (κ2) is 16.2. The third-order valence-electron chi connectivity index (χ3n) is 8.68. The normalized spacial score (nSPS) is 16.7. The molecule has 44 heavy (non-hydrogen) atoms. The molecular formula is C36H42F6O2. The zero-order valence-corrected chi connectivity index (χ0v) is 25.6. The van der Waals surface area contributed by atoms with Gasteiger partial charge in [-0.15, -0.1) is 0 Å². The van der Waals surface area contributed by atoms with E-state index in [1.54, 1.807) is 12.1 Å². The second-order valence-electron chi connectivity index (χ2n) is 11.7. The van der Waals surface area contributed by atoms with Crippen molar-refractivity contribution in [2.75, 3.05) is 13.2 Å². The minimum Gasteiger partial charge on any atom is -0.490 e. The molecule has 0 aliphatic heterocycles. The van der Waals surface area contributed by atoms with Crippen LogP contribution in [0.3, 0.4) is 0 Å². The van der Waals surface area contributed by atoms with Gasteiger partial charge in [0.05, 0.1) is 13.2 Å². The van der Waals surface area contributed by atoms with E-state index in [9.17, 15) is 17.6 Å². The van der Waals surface area contributed by atoms with Crippen molar-refractivity contribution in [2.24, 2.45) is 0 Å². The smallest absolute Gasteiger partial charge is 0.200 e. The molecule has 0 bridgehead atoms. The van der Waals surface area contributed by atoms with Gasteiger partial charge >= 0.3 is 0 Å². The van der Waals surface area contributed by atoms with Crippen LogP contribution in [0.5, 0.6) is 11.5 Å². The van der Waals surface area contributed by atoms with Crippen LogP contribution in [0, 0.1) is 34.9 Å². The lowest BCUT2D eigenvalue weighted by Gasteiger charge is -2.30. The van der Waals surface area contributed by atoms with Crippen LogP contribution in [0.1, 0.15) is 112 Å². The zero-order chi connectivity index (χ0) is 31.6. The Morgan fingerprint density at radius 2 is 0.932 bits per heavy atom. The molecule has 1 saturated carbocycles. The summed E-state index contributed by atoms with van der Waals surface area (Å²) < 4.78 is 99.8. The second-order valence-corrected chi connectivity index (χ2v) is 11.7. The average molecular weight is 621 g/mol. The van der Waals surface area contributed by atoms with Gasteiger partial charge in [0.2, 0.25) is 11.6 Å². The summed E-state index contributed by atoms with van der Waals surface area (Å²) in [6.07, 6.45) is 7.41. The first-order valence-corrected chi connectivity index (χ1v) is 15.9. The molecule has 1 aliphatic rings. The molecule has 0 N–H and O–H groups in total. The van der Waals surface area contributed by atoms with Crippen molar-refractivity contribution in [1.82, 2.24) is 0 Å². The molecule has 0 heterocycles. The van der Waals surface area contributed by atoms with Gasteiger partial charge in [0.15, 0.2) is 34.8 Å². The maximum atomic E-state index is 15.2. The largest absolute Gasteiger partial charge is 0.490 e. The van der Waals surface area contributed by atoms with Gasteiger partial charge in [0, 0.05) is 0 Å². The number of benzene rings is 3. The van der Waals surface area contributed by atoms with Gasteiger partial charge in [-0.05, 0) is 97.6 Å². The Morgan fingerprint density at radius 3 is 1.50 bits per heavy atom. The first kappa shape index (κ1) is 33.7. The number of hydrogen-bond acceptors (Lipinski definition) is 2. The summed E-state index contributed by atoms with van der Waals surface area (Å²) in [4.78, 5) is 0. The molecular weight excluding hydrogens is 578 g/mol. The lowest BCUT2D eigenvalue weighted by molar-refractivity contribution is 0.284. The van der Waals surface area contributed by atoms with Crippen LogP contribution in [0.25, 0.3) is 0 Å². The monoisotopic (exact) mass is 620 g/mol. The highest BCUT2D eigenvalue weighted by atomic mass is 19.2. The van der Waals surface area contributed by atoms with E-state index in [1.165, 1.54) is 24.3 Å². The van der Waals surface area contributed by atoms with E-state index in [2.05, 4.69) is 6.92 Å². The molecule has 8 heteroatoms. The lowest BCUT2D eigenvalue weighted by Crippen LogP contribution is -2.16. The van der Waals surface area contributed by atoms with Gasteiger partial charge in [-0.25, -0.2) is 17.6 Å². The highest BCUT2D eigenvalue weighted by Gasteiger charge is 2.30. The Kier molecular flexibility index (Phi) is 12.4. The van der Waals surface area contributed by atoms with Crippen LogP contribution in [0.4, 0.5) is 26.3 Å². The van der Waals surface area contributed by atoms with E-state index in [1.807, 2.05) is 6.92 Å². The van der Waals surface area contributed by atoms with E-state index in [-0.39, 0.29) is 58.4 Å². The minimum atomic E-state index is -1.07. The number of unbranched alkanes of at least 4 members (excludes halogenated alkanes) is 4. The number of ether oxygens (including phenoxy) is 2. The van der Waals surface area contributed by atoms with E-state index in [0.29, 0.717) is 38.9 Å². The summed E-state index contributed by atoms with van der Waals surface area (Å²) in [7, 11) is 0. The summed E-state index contributed by atoms with van der Waals surface area (Å²) in [6.45, 7) is 4.67. The van der Waals surface area contributed by atoms with Gasteiger partial charge in [0.1, 0.15) is 0 Å². The van der Waals surface area contributed by atoms with Gasteiger partial charge < -0.3 is 9.47 Å². The quantitative estimate of drug-likeness (QED) is 0.124. The van der Waals surface area contributed by atoms with Crippen molar-refractivity contribution in [3.05, 3.63) is 93.6 Å². The molecule has 4 rings (SSSR count). The van der Waals surface area contributed by atoms with Crippen molar-refractivity contribution >= 4 is 0 Å². The predicted molar refractivity (Wildman–Crippen MR) is 160 cm³/mol. The Balaban J connectivity index is 1.35. The van der Waals surface area contributed by atoms with Crippen LogP contribution >= 0.6 is 0 Å². The lowest BCUT2D eigenvalue weighted by atomic mass is 9.75. The van der Waals surface area contributed by atoms with Crippen molar-refractivity contribution in [3.8, 4) is 11.5 Å². The molecule has 1 fully saturated rings. The van der Waals surface area contributed by atoms with Crippen molar-refractivity contribution in [2.45, 2.75) is 103 Å².